The van der Waals surface area contributed by atoms with Gasteiger partial charge >= 0.3 is 7.60 Å². The molecule has 4 heterocycles. The number of methoxy groups -OCH3 is 1. The molecule has 2 N–H and O–H groups in total. The molecule has 13 heteroatoms. The summed E-state index contributed by atoms with van der Waals surface area (Å²) >= 11 is 0. The highest BCUT2D eigenvalue weighted by molar-refractivity contribution is 7.62. The maximum Gasteiger partial charge on any atom is 0.410 e. The smallest absolute Gasteiger partial charge is 0.410 e. The first-order valence-electron chi connectivity index (χ1n) is 16.5. The molecule has 12 nitrogen and oxygen atoms in total. The number of pyridine rings is 1. The number of aromatic nitrogens is 6. The normalized spacial score (nSPS) is 12.3. The second kappa shape index (κ2) is 14.9. The van der Waals surface area contributed by atoms with Gasteiger partial charge in [0.05, 0.1) is 53.0 Å². The average Bonchev–Trinajstić information content (AvgIpc) is 3.91. The van der Waals surface area contributed by atoms with Crippen LogP contribution in [0.25, 0.3) is 44.2 Å². The molecule has 8 rings (SSSR count). The Bertz CT molecular complexity index is 2530. The number of nitrogens with one attached hydrogen (secondary N) is 2. The predicted molar refractivity (Wildman–Crippen MR) is 200 cm³/mol. The first-order chi connectivity index (χ1) is 25.3. The zero-order chi connectivity index (χ0) is 36.1. The Balaban J connectivity index is 0.000000180. The Morgan fingerprint density at radius 2 is 1.62 bits per heavy atom. The van der Waals surface area contributed by atoms with Gasteiger partial charge in [-0.3, -0.25) is 14.4 Å². The third-order valence-corrected chi connectivity index (χ3v) is 10.1. The molecule has 0 aliphatic carbocycles. The largest absolute Gasteiger partial charge is 0.489 e. The lowest BCUT2D eigenvalue weighted by Crippen LogP contribution is -2.12. The maximum absolute atomic E-state index is 13.5. The van der Waals surface area contributed by atoms with E-state index in [0.717, 1.165) is 49.8 Å². The van der Waals surface area contributed by atoms with E-state index < -0.39 is 7.60 Å². The molecule has 0 fully saturated rings. The molecule has 1 atom stereocenters. The number of ether oxygens (including phenoxy) is 2. The fourth-order valence-corrected chi connectivity index (χ4v) is 7.23. The number of fused-ring (bicyclic) bond motifs is 3. The van der Waals surface area contributed by atoms with Gasteiger partial charge in [0.1, 0.15) is 23.8 Å². The topological polar surface area (TPSA) is 146 Å². The molecule has 4 aromatic carbocycles. The monoisotopic (exact) mass is 714 g/mol. The highest BCUT2D eigenvalue weighted by Gasteiger charge is 2.29. The van der Waals surface area contributed by atoms with Crippen molar-refractivity contribution in [2.45, 2.75) is 20.5 Å². The molecule has 0 aliphatic heterocycles. The van der Waals surface area contributed by atoms with Gasteiger partial charge in [-0.2, -0.15) is 10.2 Å². The molecule has 4 aromatic heterocycles. The van der Waals surface area contributed by atoms with Crippen LogP contribution in [0.3, 0.4) is 0 Å². The maximum atomic E-state index is 13.5. The van der Waals surface area contributed by atoms with Gasteiger partial charge in [-0.25, -0.2) is 14.2 Å². The number of carbonyl (C=O) groups excluding carboxylic acids is 1. The highest BCUT2D eigenvalue weighted by Crippen LogP contribution is 2.47. The van der Waals surface area contributed by atoms with Gasteiger partial charge in [0.15, 0.2) is 0 Å². The molecule has 0 aliphatic rings. The third-order valence-electron chi connectivity index (χ3n) is 8.13. The second-order valence-electron chi connectivity index (χ2n) is 11.7. The Labute approximate surface area is 298 Å². The third kappa shape index (κ3) is 7.29. The van der Waals surface area contributed by atoms with Crippen LogP contribution in [0.4, 0.5) is 0 Å². The van der Waals surface area contributed by atoms with Crippen LogP contribution in [-0.4, -0.2) is 49.6 Å². The van der Waals surface area contributed by atoms with Gasteiger partial charge in [0, 0.05) is 23.8 Å². The number of H-pyrrole nitrogens is 2. The molecule has 262 valence electrons. The summed E-state index contributed by atoms with van der Waals surface area (Å²) in [5.74, 6) is 1.64. The summed E-state index contributed by atoms with van der Waals surface area (Å²) in [6.07, 6.45) is 1.67. The summed E-state index contributed by atoms with van der Waals surface area (Å²) in [5.41, 5.74) is 5.87. The minimum absolute atomic E-state index is 0.0991. The van der Waals surface area contributed by atoms with Crippen LogP contribution >= 0.6 is 7.60 Å². The minimum Gasteiger partial charge on any atom is -0.489 e. The van der Waals surface area contributed by atoms with E-state index in [-0.39, 0.29) is 12.5 Å². The summed E-state index contributed by atoms with van der Waals surface area (Å²) in [7, 11) is -1.95. The molecule has 52 heavy (non-hydrogen) atoms. The van der Waals surface area contributed by atoms with Crippen molar-refractivity contribution in [2.75, 3.05) is 13.7 Å². The van der Waals surface area contributed by atoms with Crippen LogP contribution in [0.5, 0.6) is 17.4 Å². The number of rotatable bonds is 10. The van der Waals surface area contributed by atoms with Crippen molar-refractivity contribution in [3.8, 4) is 28.8 Å². The number of nitrogens with zero attached hydrogens (tertiary/aromatic N) is 4. The molecular formula is C39H35N6O6P. The fraction of sp³-hybridized carbons (Fsp3) is 0.128. The van der Waals surface area contributed by atoms with Gasteiger partial charge in [-0.05, 0) is 73.2 Å². The van der Waals surface area contributed by atoms with Crippen molar-refractivity contribution >= 4 is 51.6 Å². The Hall–Kier alpha value is -6.23. The Morgan fingerprint density at radius 1 is 0.865 bits per heavy atom. The number of aromatic amines is 2. The fourth-order valence-electron chi connectivity index (χ4n) is 5.65. The first kappa shape index (κ1) is 34.2. The molecule has 0 saturated carbocycles. The predicted octanol–water partition coefficient (Wildman–Crippen LogP) is 8.32. The van der Waals surface area contributed by atoms with E-state index >= 15 is 0 Å². The summed E-state index contributed by atoms with van der Waals surface area (Å²) in [6.45, 7) is 4.06. The van der Waals surface area contributed by atoms with E-state index in [1.165, 1.54) is 11.6 Å². The SMILES string of the molecule is CC(=O)n1ncc2cc(OCc3ccccc3)ccc21.CCOP(=O)(Oc1ccc2[nH]nc(-c3cc4nc(OC)ccc4[nH]3)c2c1)c1ccccc1. The van der Waals surface area contributed by atoms with E-state index in [1.54, 1.807) is 56.6 Å². The van der Waals surface area contributed by atoms with Crippen LogP contribution in [0.2, 0.25) is 0 Å². The molecule has 8 aromatic rings. The van der Waals surface area contributed by atoms with E-state index in [1.807, 2.05) is 78.9 Å². The second-order valence-corrected chi connectivity index (χ2v) is 13.6. The minimum atomic E-state index is -3.53. The van der Waals surface area contributed by atoms with E-state index in [0.29, 0.717) is 29.2 Å². The summed E-state index contributed by atoms with van der Waals surface area (Å²) in [6, 6.07) is 35.5. The lowest BCUT2D eigenvalue weighted by atomic mass is 10.1. The van der Waals surface area contributed by atoms with E-state index in [4.69, 9.17) is 18.5 Å². The summed E-state index contributed by atoms with van der Waals surface area (Å²) in [5, 5.41) is 13.8. The zero-order valence-electron chi connectivity index (χ0n) is 28.6. The van der Waals surface area contributed by atoms with Gasteiger partial charge in [0.25, 0.3) is 0 Å². The Kier molecular flexibility index (Phi) is 9.83. The van der Waals surface area contributed by atoms with Gasteiger partial charge in [-0.15, -0.1) is 0 Å². The summed E-state index contributed by atoms with van der Waals surface area (Å²) < 4.78 is 37.4. The average molecular weight is 715 g/mol. The van der Waals surface area contributed by atoms with Gasteiger partial charge < -0.3 is 19.0 Å². The number of hydrogen-bond donors (Lipinski definition) is 2. The quantitative estimate of drug-likeness (QED) is 0.134. The number of hydrogen-bond acceptors (Lipinski definition) is 9. The van der Waals surface area contributed by atoms with Crippen molar-refractivity contribution in [3.05, 3.63) is 127 Å². The van der Waals surface area contributed by atoms with Gasteiger partial charge in [-0.1, -0.05) is 48.5 Å². The van der Waals surface area contributed by atoms with Crippen molar-refractivity contribution in [1.29, 1.82) is 0 Å². The molecule has 0 radical (unpaired) electrons. The number of carbonyl (C=O) groups is 1. The van der Waals surface area contributed by atoms with Crippen LogP contribution in [0.15, 0.2) is 121 Å². The standard InChI is InChI=1S/C23H21N4O4P.C16H14N2O2/c1-3-30-32(28,16-7-5-4-6-8-16)31-15-9-10-18-17(13-15)23(27-26-18)21-14-20-19(24-21)11-12-22(25-20)29-2;1-12(19)18-16-8-7-15(9-14(16)10-17-18)20-11-13-5-3-2-4-6-13/h4-14,24H,3H2,1-2H3,(H,26,27);2-10H,11H2,1H3. The lowest BCUT2D eigenvalue weighted by molar-refractivity contribution is 0.0926. The lowest BCUT2D eigenvalue weighted by Gasteiger charge is -2.18. The summed E-state index contributed by atoms with van der Waals surface area (Å²) in [4.78, 5) is 19.2. The van der Waals surface area contributed by atoms with Crippen LogP contribution in [-0.2, 0) is 15.7 Å². The molecular weight excluding hydrogens is 679 g/mol. The van der Waals surface area contributed by atoms with Crippen molar-refractivity contribution < 1.29 is 27.9 Å². The van der Waals surface area contributed by atoms with Gasteiger partial charge in [0.2, 0.25) is 11.8 Å². The highest BCUT2D eigenvalue weighted by atomic mass is 31.2. The van der Waals surface area contributed by atoms with E-state index in [2.05, 4.69) is 25.3 Å². The molecule has 0 saturated heterocycles. The molecule has 0 spiro atoms. The zero-order valence-corrected chi connectivity index (χ0v) is 29.5. The first-order valence-corrected chi connectivity index (χ1v) is 18.1. The van der Waals surface area contributed by atoms with Crippen LogP contribution < -0.4 is 19.3 Å². The van der Waals surface area contributed by atoms with E-state index in [9.17, 15) is 9.36 Å². The van der Waals surface area contributed by atoms with Crippen molar-refractivity contribution in [2.24, 2.45) is 0 Å². The van der Waals surface area contributed by atoms with Crippen molar-refractivity contribution in [3.63, 3.8) is 0 Å². The molecule has 1 unspecified atom stereocenters. The van der Waals surface area contributed by atoms with Crippen LogP contribution in [0, 0.1) is 0 Å². The van der Waals surface area contributed by atoms with Crippen LogP contribution in [0.1, 0.15) is 24.2 Å². The van der Waals surface area contributed by atoms with Crippen molar-refractivity contribution in [1.82, 2.24) is 29.9 Å². The Morgan fingerprint density at radius 3 is 2.37 bits per heavy atom. The molecule has 0 bridgehead atoms. The number of benzene rings is 4. The molecule has 0 amide bonds.